The monoisotopic (exact) mass is 552 g/mol. The van der Waals surface area contributed by atoms with Gasteiger partial charge in [0.25, 0.3) is 5.91 Å². The molecule has 10 nitrogen and oxygen atoms in total. The highest BCUT2D eigenvalue weighted by Gasteiger charge is 2.21. The van der Waals surface area contributed by atoms with Gasteiger partial charge >= 0.3 is 0 Å². The molecule has 206 valence electrons. The van der Waals surface area contributed by atoms with E-state index in [4.69, 9.17) is 28.7 Å². The molecule has 0 aliphatic carbocycles. The predicted octanol–water partition coefficient (Wildman–Crippen LogP) is 5.77. The van der Waals surface area contributed by atoms with Crippen LogP contribution in [0.15, 0.2) is 41.8 Å². The highest BCUT2D eigenvalue weighted by atomic mass is 32.1. The number of thiazole rings is 1. The molecule has 0 unspecified atom stereocenters. The van der Waals surface area contributed by atoms with Crippen molar-refractivity contribution in [2.75, 3.05) is 39.4 Å². The molecule has 2 aromatic heterocycles. The van der Waals surface area contributed by atoms with E-state index in [2.05, 4.69) is 10.4 Å². The number of hydrogen-bond acceptors (Lipinski definition) is 9. The molecule has 11 heteroatoms. The molecule has 2 heterocycles. The van der Waals surface area contributed by atoms with Gasteiger partial charge < -0.3 is 29.0 Å². The Morgan fingerprint density at radius 1 is 0.897 bits per heavy atom. The Balaban J connectivity index is 1.64. The Hall–Kier alpha value is -4.25. The smallest absolute Gasteiger partial charge is 0.257 e. The molecule has 4 aromatic rings. The summed E-state index contributed by atoms with van der Waals surface area (Å²) in [5, 5.41) is 10.0. The maximum Gasteiger partial charge on any atom is 0.257 e. The molecule has 0 aliphatic rings. The van der Waals surface area contributed by atoms with E-state index in [-0.39, 0.29) is 5.91 Å². The molecule has 1 amide bonds. The third-order valence-electron chi connectivity index (χ3n) is 5.60. The zero-order valence-electron chi connectivity index (χ0n) is 22.9. The van der Waals surface area contributed by atoms with Crippen LogP contribution < -0.4 is 29.0 Å². The van der Waals surface area contributed by atoms with Gasteiger partial charge in [0.15, 0.2) is 23.0 Å². The largest absolute Gasteiger partial charge is 0.493 e. The van der Waals surface area contributed by atoms with E-state index >= 15 is 0 Å². The van der Waals surface area contributed by atoms with Gasteiger partial charge in [-0.05, 0) is 58.0 Å². The molecular weight excluding hydrogens is 520 g/mol. The fraction of sp³-hybridized carbons (Fsp3) is 0.321. The average molecular weight is 553 g/mol. The van der Waals surface area contributed by atoms with Crippen LogP contribution in [-0.4, -0.2) is 54.7 Å². The van der Waals surface area contributed by atoms with Crippen LogP contribution in [0.4, 0.5) is 5.82 Å². The number of aryl methyl sites for hydroxylation is 1. The molecule has 0 radical (unpaired) electrons. The number of aromatic nitrogens is 3. The van der Waals surface area contributed by atoms with Crippen molar-refractivity contribution in [3.8, 4) is 45.1 Å². The second-order valence-electron chi connectivity index (χ2n) is 8.22. The van der Waals surface area contributed by atoms with Crippen LogP contribution in [0, 0.1) is 6.92 Å². The van der Waals surface area contributed by atoms with Crippen LogP contribution in [0.25, 0.3) is 16.4 Å². The van der Waals surface area contributed by atoms with Crippen molar-refractivity contribution in [3.05, 3.63) is 53.0 Å². The van der Waals surface area contributed by atoms with Crippen molar-refractivity contribution in [1.82, 2.24) is 14.8 Å². The SMILES string of the molecule is CCOc1cc(C(=O)Nc2cc(C)nn2-c2nc(-c3ccc(OC)c(OC)c3)cs2)cc(OCC)c1OCC. The van der Waals surface area contributed by atoms with Crippen molar-refractivity contribution in [3.63, 3.8) is 0 Å². The Bertz CT molecular complexity index is 1420. The van der Waals surface area contributed by atoms with Gasteiger partial charge in [-0.25, -0.2) is 4.98 Å². The first kappa shape index (κ1) is 27.8. The number of nitrogens with zero attached hydrogens (tertiary/aromatic N) is 3. The molecule has 0 spiro atoms. The number of anilines is 1. The lowest BCUT2D eigenvalue weighted by Gasteiger charge is -2.17. The Labute approximate surface area is 231 Å². The fourth-order valence-corrected chi connectivity index (χ4v) is 4.73. The van der Waals surface area contributed by atoms with Gasteiger partial charge in [-0.15, -0.1) is 11.3 Å². The zero-order chi connectivity index (χ0) is 27.9. The normalized spacial score (nSPS) is 10.7. The van der Waals surface area contributed by atoms with Crippen molar-refractivity contribution in [2.24, 2.45) is 0 Å². The highest BCUT2D eigenvalue weighted by Crippen LogP contribution is 2.39. The van der Waals surface area contributed by atoms with Crippen molar-refractivity contribution in [1.29, 1.82) is 0 Å². The topological polar surface area (TPSA) is 106 Å². The number of carbonyl (C=O) groups excluding carboxylic acids is 1. The molecule has 4 rings (SSSR count). The second-order valence-corrected chi connectivity index (χ2v) is 9.06. The van der Waals surface area contributed by atoms with Gasteiger partial charge in [0.05, 0.1) is 45.4 Å². The third-order valence-corrected chi connectivity index (χ3v) is 6.41. The van der Waals surface area contributed by atoms with Gasteiger partial charge in [-0.3, -0.25) is 4.79 Å². The van der Waals surface area contributed by atoms with Crippen LogP contribution in [-0.2, 0) is 0 Å². The highest BCUT2D eigenvalue weighted by molar-refractivity contribution is 7.12. The lowest BCUT2D eigenvalue weighted by molar-refractivity contribution is 0.102. The van der Waals surface area contributed by atoms with Crippen molar-refractivity contribution >= 4 is 23.1 Å². The van der Waals surface area contributed by atoms with E-state index in [9.17, 15) is 4.79 Å². The summed E-state index contributed by atoms with van der Waals surface area (Å²) in [6.45, 7) is 8.73. The van der Waals surface area contributed by atoms with Crippen LogP contribution in [0.3, 0.4) is 0 Å². The van der Waals surface area contributed by atoms with Gasteiger partial charge in [-0.1, -0.05) is 0 Å². The predicted molar refractivity (Wildman–Crippen MR) is 150 cm³/mol. The summed E-state index contributed by atoms with van der Waals surface area (Å²) < 4.78 is 29.7. The molecule has 0 saturated heterocycles. The summed E-state index contributed by atoms with van der Waals surface area (Å²) in [5.74, 6) is 2.75. The van der Waals surface area contributed by atoms with E-state index in [0.29, 0.717) is 65.1 Å². The molecule has 0 bridgehead atoms. The minimum atomic E-state index is -0.349. The molecule has 1 N–H and O–H groups in total. The Kier molecular flexibility index (Phi) is 8.92. The maximum atomic E-state index is 13.4. The van der Waals surface area contributed by atoms with Crippen LogP contribution in [0.1, 0.15) is 36.8 Å². The number of hydrogen-bond donors (Lipinski definition) is 1. The quantitative estimate of drug-likeness (QED) is 0.236. The van der Waals surface area contributed by atoms with E-state index in [1.54, 1.807) is 37.1 Å². The van der Waals surface area contributed by atoms with Crippen LogP contribution in [0.5, 0.6) is 28.7 Å². The first-order valence-corrected chi connectivity index (χ1v) is 13.4. The van der Waals surface area contributed by atoms with Crippen LogP contribution >= 0.6 is 11.3 Å². The summed E-state index contributed by atoms with van der Waals surface area (Å²) in [4.78, 5) is 18.2. The minimum absolute atomic E-state index is 0.349. The van der Waals surface area contributed by atoms with Gasteiger partial charge in [0.2, 0.25) is 10.9 Å². The van der Waals surface area contributed by atoms with E-state index in [1.807, 2.05) is 51.3 Å². The molecule has 0 atom stereocenters. The third kappa shape index (κ3) is 6.09. The molecule has 0 fully saturated rings. The number of methoxy groups -OCH3 is 2. The average Bonchev–Trinajstić information content (AvgIpc) is 3.56. The molecule has 39 heavy (non-hydrogen) atoms. The first-order valence-electron chi connectivity index (χ1n) is 12.5. The number of amides is 1. The standard InChI is InChI=1S/C28H32N4O6S/c1-7-36-23-14-19(15-24(37-8-2)26(23)38-9-3)27(33)30-25-12-17(4)31-32(25)28-29-20(16-39-28)18-10-11-21(34-5)22(13-18)35-6/h10-16H,7-9H2,1-6H3,(H,30,33). The van der Waals surface area contributed by atoms with E-state index < -0.39 is 0 Å². The minimum Gasteiger partial charge on any atom is -0.493 e. The molecule has 0 aliphatic heterocycles. The van der Waals surface area contributed by atoms with Gasteiger partial charge in [0, 0.05) is 22.6 Å². The lowest BCUT2D eigenvalue weighted by atomic mass is 10.1. The van der Waals surface area contributed by atoms with Crippen LogP contribution in [0.2, 0.25) is 0 Å². The number of rotatable bonds is 12. The lowest BCUT2D eigenvalue weighted by Crippen LogP contribution is -2.16. The number of carbonyl (C=O) groups is 1. The van der Waals surface area contributed by atoms with E-state index in [1.165, 1.54) is 11.3 Å². The maximum absolute atomic E-state index is 13.4. The molecular formula is C28H32N4O6S. The van der Waals surface area contributed by atoms with Gasteiger partial charge in [0.1, 0.15) is 5.82 Å². The summed E-state index contributed by atoms with van der Waals surface area (Å²) in [6.07, 6.45) is 0. The summed E-state index contributed by atoms with van der Waals surface area (Å²) in [7, 11) is 3.19. The Morgan fingerprint density at radius 2 is 1.56 bits per heavy atom. The first-order chi connectivity index (χ1) is 18.9. The summed E-state index contributed by atoms with van der Waals surface area (Å²) in [5.41, 5.74) is 2.70. The van der Waals surface area contributed by atoms with E-state index in [0.717, 1.165) is 17.0 Å². The van der Waals surface area contributed by atoms with Crippen molar-refractivity contribution < 1.29 is 28.5 Å². The number of benzene rings is 2. The molecule has 2 aromatic carbocycles. The summed E-state index contributed by atoms with van der Waals surface area (Å²) in [6, 6.07) is 10.7. The second kappa shape index (κ2) is 12.5. The fourth-order valence-electron chi connectivity index (χ4n) is 3.93. The van der Waals surface area contributed by atoms with Gasteiger partial charge in [-0.2, -0.15) is 9.78 Å². The number of nitrogens with one attached hydrogen (secondary N) is 1. The summed E-state index contributed by atoms with van der Waals surface area (Å²) >= 11 is 1.41. The number of ether oxygens (including phenoxy) is 5. The Morgan fingerprint density at radius 3 is 2.18 bits per heavy atom. The van der Waals surface area contributed by atoms with Crippen molar-refractivity contribution in [2.45, 2.75) is 27.7 Å². The zero-order valence-corrected chi connectivity index (χ0v) is 23.7. The molecule has 0 saturated carbocycles.